The van der Waals surface area contributed by atoms with Crippen LogP contribution < -0.4 is 0 Å². The molecule has 0 bridgehead atoms. The number of rotatable bonds is 4. The molecule has 1 aromatic heterocycles. The van der Waals surface area contributed by atoms with Crippen LogP contribution in [0, 0.1) is 11.6 Å². The zero-order chi connectivity index (χ0) is 17.1. The van der Waals surface area contributed by atoms with Crippen LogP contribution in [0.25, 0.3) is 0 Å². The Labute approximate surface area is 142 Å². The largest absolute Gasteiger partial charge is 0.386 e. The number of halogens is 2. The summed E-state index contributed by atoms with van der Waals surface area (Å²) in [5.41, 5.74) is -0.108. The van der Waals surface area contributed by atoms with Crippen molar-refractivity contribution < 1.29 is 18.7 Å². The van der Waals surface area contributed by atoms with Crippen LogP contribution in [0.2, 0.25) is 0 Å². The number of β-amino-alcohol motifs (C(OH)–C–C–N with tert-alkyl or cyclic N) is 1. The van der Waals surface area contributed by atoms with Crippen molar-refractivity contribution in [3.05, 3.63) is 57.8 Å². The Bertz CT molecular complexity index is 701. The molecule has 0 unspecified atom stereocenters. The number of nitrogens with zero attached hydrogens (tertiary/aromatic N) is 2. The molecule has 1 N–H and O–H groups in total. The molecule has 2 aromatic rings. The maximum absolute atomic E-state index is 13.7. The van der Waals surface area contributed by atoms with E-state index >= 15 is 0 Å². The quantitative estimate of drug-likeness (QED) is 0.920. The minimum Gasteiger partial charge on any atom is -0.386 e. The van der Waals surface area contributed by atoms with Gasteiger partial charge in [0, 0.05) is 43.7 Å². The highest BCUT2D eigenvalue weighted by molar-refractivity contribution is 7.10. The van der Waals surface area contributed by atoms with E-state index < -0.39 is 23.6 Å². The van der Waals surface area contributed by atoms with E-state index in [0.29, 0.717) is 32.7 Å². The number of hydrogen-bond donors (Lipinski definition) is 1. The van der Waals surface area contributed by atoms with E-state index in [1.165, 1.54) is 17.4 Å². The third kappa shape index (κ3) is 3.80. The minimum atomic E-state index is -0.837. The predicted octanol–water partition coefficient (Wildman–Crippen LogP) is 2.52. The van der Waals surface area contributed by atoms with Gasteiger partial charge in [-0.1, -0.05) is 6.07 Å². The first-order valence-electron chi connectivity index (χ1n) is 7.73. The van der Waals surface area contributed by atoms with Crippen LogP contribution in [0.3, 0.4) is 0 Å². The molecule has 1 aromatic carbocycles. The molecule has 0 aliphatic carbocycles. The summed E-state index contributed by atoms with van der Waals surface area (Å²) in [6.07, 6.45) is -0.540. The standard InChI is InChI=1S/C17H18F2N2O2S/c18-12-3-4-13(14(19)10-12)17(23)21-7-5-20(6-8-21)11-15(22)16-2-1-9-24-16/h1-4,9-10,15,22H,5-8,11H2/t15-/m1/s1. The zero-order valence-corrected chi connectivity index (χ0v) is 13.8. The van der Waals surface area contributed by atoms with Crippen LogP contribution >= 0.6 is 11.3 Å². The van der Waals surface area contributed by atoms with E-state index in [1.54, 1.807) is 4.90 Å². The molecule has 1 aliphatic heterocycles. The molecule has 0 saturated carbocycles. The number of piperazine rings is 1. The number of benzene rings is 1. The van der Waals surface area contributed by atoms with Gasteiger partial charge in [-0.15, -0.1) is 11.3 Å². The summed E-state index contributed by atoms with van der Waals surface area (Å²) < 4.78 is 26.7. The lowest BCUT2D eigenvalue weighted by Crippen LogP contribution is -2.49. The number of carbonyl (C=O) groups excluding carboxylic acids is 1. The van der Waals surface area contributed by atoms with Crippen molar-refractivity contribution in [2.24, 2.45) is 0 Å². The molecule has 1 aliphatic rings. The summed E-state index contributed by atoms with van der Waals surface area (Å²) >= 11 is 1.51. The van der Waals surface area contributed by atoms with Gasteiger partial charge in [0.25, 0.3) is 5.91 Å². The van der Waals surface area contributed by atoms with Crippen molar-refractivity contribution in [2.45, 2.75) is 6.10 Å². The van der Waals surface area contributed by atoms with Gasteiger partial charge in [-0.05, 0) is 23.6 Å². The molecule has 1 saturated heterocycles. The van der Waals surface area contributed by atoms with Gasteiger partial charge in [0.15, 0.2) is 0 Å². The molecule has 128 valence electrons. The lowest BCUT2D eigenvalue weighted by atomic mass is 10.1. The molecule has 24 heavy (non-hydrogen) atoms. The molecule has 7 heteroatoms. The molecular formula is C17H18F2N2O2S. The average molecular weight is 352 g/mol. The number of aliphatic hydroxyl groups is 1. The Hall–Kier alpha value is -1.83. The van der Waals surface area contributed by atoms with Crippen LogP contribution in [-0.2, 0) is 0 Å². The fraction of sp³-hybridized carbons (Fsp3) is 0.353. The van der Waals surface area contributed by atoms with E-state index in [4.69, 9.17) is 0 Å². The Morgan fingerprint density at radius 1 is 1.21 bits per heavy atom. The number of carbonyl (C=O) groups is 1. The first-order valence-corrected chi connectivity index (χ1v) is 8.60. The summed E-state index contributed by atoms with van der Waals surface area (Å²) in [5.74, 6) is -1.96. The fourth-order valence-electron chi connectivity index (χ4n) is 2.78. The monoisotopic (exact) mass is 352 g/mol. The Morgan fingerprint density at radius 2 is 1.96 bits per heavy atom. The smallest absolute Gasteiger partial charge is 0.256 e. The molecule has 1 amide bonds. The van der Waals surface area contributed by atoms with Gasteiger partial charge in [0.2, 0.25) is 0 Å². The molecule has 2 heterocycles. The molecule has 1 atom stereocenters. The van der Waals surface area contributed by atoms with Gasteiger partial charge >= 0.3 is 0 Å². The van der Waals surface area contributed by atoms with Gasteiger partial charge in [-0.3, -0.25) is 9.69 Å². The Balaban J connectivity index is 1.55. The maximum Gasteiger partial charge on any atom is 0.256 e. The van der Waals surface area contributed by atoms with Gasteiger partial charge < -0.3 is 10.0 Å². The topological polar surface area (TPSA) is 43.8 Å². The molecule has 1 fully saturated rings. The summed E-state index contributed by atoms with van der Waals surface area (Å²) in [6, 6.07) is 6.79. The summed E-state index contributed by atoms with van der Waals surface area (Å²) in [5, 5.41) is 12.1. The summed E-state index contributed by atoms with van der Waals surface area (Å²) in [7, 11) is 0. The number of amides is 1. The second-order valence-corrected chi connectivity index (χ2v) is 6.73. The van der Waals surface area contributed by atoms with Gasteiger partial charge in [-0.25, -0.2) is 8.78 Å². The lowest BCUT2D eigenvalue weighted by molar-refractivity contribution is 0.0529. The summed E-state index contributed by atoms with van der Waals surface area (Å²) in [6.45, 7) is 2.63. The van der Waals surface area contributed by atoms with Crippen molar-refractivity contribution in [2.75, 3.05) is 32.7 Å². The normalized spacial score (nSPS) is 17.0. The van der Waals surface area contributed by atoms with Crippen LogP contribution in [0.15, 0.2) is 35.7 Å². The van der Waals surface area contributed by atoms with E-state index in [1.807, 2.05) is 17.5 Å². The van der Waals surface area contributed by atoms with Gasteiger partial charge in [0.05, 0.1) is 5.56 Å². The highest BCUT2D eigenvalue weighted by Crippen LogP contribution is 2.21. The molecule has 0 spiro atoms. The lowest BCUT2D eigenvalue weighted by Gasteiger charge is -2.35. The average Bonchev–Trinajstić information content (AvgIpc) is 3.09. The highest BCUT2D eigenvalue weighted by Gasteiger charge is 2.25. The molecule has 4 nitrogen and oxygen atoms in total. The van der Waals surface area contributed by atoms with Crippen LogP contribution in [-0.4, -0.2) is 53.5 Å². The minimum absolute atomic E-state index is 0.108. The molecular weight excluding hydrogens is 334 g/mol. The summed E-state index contributed by atoms with van der Waals surface area (Å²) in [4.78, 5) is 16.9. The molecule has 3 rings (SSSR count). The fourth-order valence-corrected chi connectivity index (χ4v) is 3.49. The zero-order valence-electron chi connectivity index (χ0n) is 13.0. The number of hydrogen-bond acceptors (Lipinski definition) is 4. The van der Waals surface area contributed by atoms with E-state index in [2.05, 4.69) is 4.90 Å². The maximum atomic E-state index is 13.7. The van der Waals surface area contributed by atoms with Crippen molar-refractivity contribution >= 4 is 17.2 Å². The van der Waals surface area contributed by atoms with Crippen LogP contribution in [0.4, 0.5) is 8.78 Å². The van der Waals surface area contributed by atoms with Crippen LogP contribution in [0.5, 0.6) is 0 Å². The second-order valence-electron chi connectivity index (χ2n) is 5.75. The third-order valence-corrected chi connectivity index (χ3v) is 5.10. The molecule has 0 radical (unpaired) electrons. The first kappa shape index (κ1) is 17.0. The Kier molecular flexibility index (Phi) is 5.23. The van der Waals surface area contributed by atoms with Gasteiger partial charge in [0.1, 0.15) is 17.7 Å². The van der Waals surface area contributed by atoms with Crippen molar-refractivity contribution in [1.29, 1.82) is 0 Å². The van der Waals surface area contributed by atoms with Gasteiger partial charge in [-0.2, -0.15) is 0 Å². The van der Waals surface area contributed by atoms with Crippen molar-refractivity contribution in [3.8, 4) is 0 Å². The third-order valence-electron chi connectivity index (χ3n) is 4.12. The van der Waals surface area contributed by atoms with Crippen molar-refractivity contribution in [1.82, 2.24) is 9.80 Å². The van der Waals surface area contributed by atoms with Crippen molar-refractivity contribution in [3.63, 3.8) is 0 Å². The first-order chi connectivity index (χ1) is 11.5. The van der Waals surface area contributed by atoms with E-state index in [-0.39, 0.29) is 5.56 Å². The SMILES string of the molecule is O=C(c1ccc(F)cc1F)N1CCN(C[C@@H](O)c2cccs2)CC1. The Morgan fingerprint density at radius 3 is 2.58 bits per heavy atom. The van der Waals surface area contributed by atoms with E-state index in [9.17, 15) is 18.7 Å². The predicted molar refractivity (Wildman–Crippen MR) is 88.0 cm³/mol. The number of aliphatic hydroxyl groups excluding tert-OH is 1. The van der Waals surface area contributed by atoms with E-state index in [0.717, 1.165) is 17.0 Å². The second kappa shape index (κ2) is 7.38. The highest BCUT2D eigenvalue weighted by atomic mass is 32.1. The van der Waals surface area contributed by atoms with Crippen LogP contribution in [0.1, 0.15) is 21.3 Å². The number of thiophene rings is 1.